The summed E-state index contributed by atoms with van der Waals surface area (Å²) in [5.41, 5.74) is -5.02. The third kappa shape index (κ3) is 4.01. The van der Waals surface area contributed by atoms with Gasteiger partial charge < -0.3 is 10.4 Å². The number of benzene rings is 1. The van der Waals surface area contributed by atoms with E-state index >= 15 is 0 Å². The van der Waals surface area contributed by atoms with Gasteiger partial charge in [0.05, 0.1) is 12.7 Å². The van der Waals surface area contributed by atoms with Gasteiger partial charge in [-0.1, -0.05) is 12.1 Å². The predicted molar refractivity (Wildman–Crippen MR) is 87.6 cm³/mol. The number of nitrogens with one attached hydrogen (secondary N) is 1. The van der Waals surface area contributed by atoms with Gasteiger partial charge in [0.25, 0.3) is 0 Å². The Morgan fingerprint density at radius 3 is 2.42 bits per heavy atom. The fourth-order valence-electron chi connectivity index (χ4n) is 2.43. The predicted octanol–water partition coefficient (Wildman–Crippen LogP) is 3.35. The fourth-order valence-corrected chi connectivity index (χ4v) is 2.97. The Balaban J connectivity index is 1.68. The number of carboxylic acids is 1. The molecule has 10 heteroatoms. The number of rotatable bonds is 6. The number of thioether (sulfide) groups is 1. The van der Waals surface area contributed by atoms with Crippen molar-refractivity contribution in [2.45, 2.75) is 29.8 Å². The molecule has 1 saturated carbocycles. The molecular formula is C16H14F3N3O3S. The van der Waals surface area contributed by atoms with Crippen LogP contribution < -0.4 is 5.32 Å². The minimum absolute atomic E-state index is 0.0763. The van der Waals surface area contributed by atoms with Crippen LogP contribution in [0.15, 0.2) is 41.4 Å². The number of carbonyl (C=O) groups is 2. The molecule has 2 N–H and O–H groups in total. The zero-order valence-electron chi connectivity index (χ0n) is 13.3. The number of hydrogen-bond acceptors (Lipinski definition) is 4. The van der Waals surface area contributed by atoms with Crippen LogP contribution in [0, 0.1) is 5.41 Å². The van der Waals surface area contributed by atoms with Gasteiger partial charge in [0.1, 0.15) is 11.2 Å². The molecule has 1 aliphatic rings. The van der Waals surface area contributed by atoms with Gasteiger partial charge in [-0.2, -0.15) is 18.3 Å². The summed E-state index contributed by atoms with van der Waals surface area (Å²) in [6.45, 7) is 0.222. The second-order valence-electron chi connectivity index (χ2n) is 5.91. The number of hydrogen-bond donors (Lipinski definition) is 2. The zero-order chi connectivity index (χ0) is 18.9. The highest BCUT2D eigenvalue weighted by atomic mass is 32.2. The lowest BCUT2D eigenvalue weighted by atomic mass is 10.1. The maximum Gasteiger partial charge on any atom is 0.446 e. The maximum atomic E-state index is 12.3. The maximum absolute atomic E-state index is 12.3. The average Bonchev–Trinajstić information content (AvgIpc) is 3.26. The van der Waals surface area contributed by atoms with Crippen LogP contribution in [0.2, 0.25) is 0 Å². The van der Waals surface area contributed by atoms with Crippen molar-refractivity contribution in [2.75, 3.05) is 5.32 Å². The van der Waals surface area contributed by atoms with Crippen molar-refractivity contribution >= 4 is 29.5 Å². The second kappa shape index (κ2) is 6.67. The lowest BCUT2D eigenvalue weighted by Gasteiger charge is -2.13. The minimum atomic E-state index is -4.34. The molecule has 3 rings (SSSR count). The molecule has 1 aliphatic carbocycles. The van der Waals surface area contributed by atoms with Gasteiger partial charge in [0.2, 0.25) is 5.91 Å². The van der Waals surface area contributed by atoms with E-state index in [0.717, 1.165) is 0 Å². The first-order valence-electron chi connectivity index (χ1n) is 7.61. The molecule has 1 fully saturated rings. The summed E-state index contributed by atoms with van der Waals surface area (Å²) < 4.78 is 38.5. The van der Waals surface area contributed by atoms with Crippen molar-refractivity contribution in [1.29, 1.82) is 0 Å². The number of amides is 1. The van der Waals surface area contributed by atoms with Crippen molar-refractivity contribution in [2.24, 2.45) is 5.41 Å². The normalized spacial score (nSPS) is 15.5. The van der Waals surface area contributed by atoms with E-state index in [2.05, 4.69) is 10.4 Å². The highest BCUT2D eigenvalue weighted by Crippen LogP contribution is 2.46. The molecule has 6 nitrogen and oxygen atoms in total. The van der Waals surface area contributed by atoms with Gasteiger partial charge in [-0.15, -0.1) is 0 Å². The molecule has 0 aliphatic heterocycles. The van der Waals surface area contributed by atoms with E-state index in [4.69, 9.17) is 5.11 Å². The third-order valence-corrected chi connectivity index (χ3v) is 4.78. The molecule has 26 heavy (non-hydrogen) atoms. The summed E-state index contributed by atoms with van der Waals surface area (Å²) in [5.74, 6) is -1.42. The molecule has 0 bridgehead atoms. The Kier molecular flexibility index (Phi) is 4.70. The van der Waals surface area contributed by atoms with Crippen molar-refractivity contribution in [3.63, 3.8) is 0 Å². The molecular weight excluding hydrogens is 371 g/mol. The first-order valence-corrected chi connectivity index (χ1v) is 8.43. The van der Waals surface area contributed by atoms with Crippen molar-refractivity contribution in [3.8, 4) is 0 Å². The molecule has 1 aromatic heterocycles. The van der Waals surface area contributed by atoms with Crippen LogP contribution in [-0.4, -0.2) is 32.3 Å². The quantitative estimate of drug-likeness (QED) is 0.589. The van der Waals surface area contributed by atoms with Gasteiger partial charge in [0.15, 0.2) is 0 Å². The average molecular weight is 385 g/mol. The first-order chi connectivity index (χ1) is 12.2. The Hall–Kier alpha value is -2.49. The summed E-state index contributed by atoms with van der Waals surface area (Å²) in [4.78, 5) is 23.4. The van der Waals surface area contributed by atoms with E-state index in [1.807, 2.05) is 0 Å². The third-order valence-electron chi connectivity index (χ3n) is 4.04. The molecule has 0 radical (unpaired) electrons. The van der Waals surface area contributed by atoms with E-state index in [9.17, 15) is 22.8 Å². The van der Waals surface area contributed by atoms with Crippen LogP contribution >= 0.6 is 11.8 Å². The van der Waals surface area contributed by atoms with E-state index in [0.29, 0.717) is 24.2 Å². The number of aromatic nitrogens is 2. The van der Waals surface area contributed by atoms with Crippen LogP contribution in [0.25, 0.3) is 0 Å². The molecule has 0 unspecified atom stereocenters. The monoisotopic (exact) mass is 385 g/mol. The van der Waals surface area contributed by atoms with Crippen molar-refractivity contribution < 1.29 is 27.9 Å². The van der Waals surface area contributed by atoms with Gasteiger partial charge in [-0.25, -0.2) is 4.68 Å². The van der Waals surface area contributed by atoms with E-state index in [1.165, 1.54) is 29.1 Å². The van der Waals surface area contributed by atoms with Gasteiger partial charge >= 0.3 is 11.5 Å². The number of alkyl halides is 3. The molecule has 2 aromatic rings. The Morgan fingerprint density at radius 2 is 1.88 bits per heavy atom. The van der Waals surface area contributed by atoms with E-state index in [1.54, 1.807) is 12.1 Å². The molecule has 0 spiro atoms. The summed E-state index contributed by atoms with van der Waals surface area (Å²) in [7, 11) is 0. The van der Waals surface area contributed by atoms with Crippen molar-refractivity contribution in [1.82, 2.24) is 9.78 Å². The topological polar surface area (TPSA) is 84.2 Å². The van der Waals surface area contributed by atoms with Crippen LogP contribution in [-0.2, 0) is 16.1 Å². The number of anilines is 1. The highest BCUT2D eigenvalue weighted by molar-refractivity contribution is 8.00. The van der Waals surface area contributed by atoms with Crippen LogP contribution in [0.5, 0.6) is 0 Å². The summed E-state index contributed by atoms with van der Waals surface area (Å²) >= 11 is -0.194. The zero-order valence-corrected chi connectivity index (χ0v) is 14.1. The summed E-state index contributed by atoms with van der Waals surface area (Å²) in [6, 6.07) is 7.34. The Bertz CT molecular complexity index is 829. The number of aliphatic carboxylic acids is 1. The first kappa shape index (κ1) is 18.3. The summed E-state index contributed by atoms with van der Waals surface area (Å²) in [5, 5.41) is 15.8. The van der Waals surface area contributed by atoms with Crippen LogP contribution in [0.3, 0.4) is 0 Å². The molecule has 138 valence electrons. The lowest BCUT2D eigenvalue weighted by Crippen LogP contribution is -2.32. The van der Waals surface area contributed by atoms with Crippen LogP contribution in [0.1, 0.15) is 18.4 Å². The number of carboxylic acid groups (broad SMARTS) is 1. The number of carbonyl (C=O) groups excluding carboxylic acids is 1. The van der Waals surface area contributed by atoms with Crippen molar-refractivity contribution in [3.05, 3.63) is 42.1 Å². The second-order valence-corrected chi connectivity index (χ2v) is 7.05. The highest BCUT2D eigenvalue weighted by Gasteiger charge is 2.57. The van der Waals surface area contributed by atoms with Gasteiger partial charge in [-0.05, 0) is 42.3 Å². The lowest BCUT2D eigenvalue weighted by molar-refractivity contribution is -0.147. The molecule has 1 amide bonds. The summed E-state index contributed by atoms with van der Waals surface area (Å²) in [6.07, 6.45) is 2.03. The van der Waals surface area contributed by atoms with Gasteiger partial charge in [-0.3, -0.25) is 9.59 Å². The fraction of sp³-hybridized carbons (Fsp3) is 0.312. The smallest absolute Gasteiger partial charge is 0.446 e. The van der Waals surface area contributed by atoms with Gasteiger partial charge in [0, 0.05) is 11.0 Å². The van der Waals surface area contributed by atoms with Crippen LogP contribution in [0.4, 0.5) is 19.0 Å². The van der Waals surface area contributed by atoms with E-state index < -0.39 is 22.8 Å². The molecule has 0 saturated heterocycles. The Labute approximate surface area is 150 Å². The largest absolute Gasteiger partial charge is 0.480 e. The molecule has 1 heterocycles. The Morgan fingerprint density at radius 1 is 1.23 bits per heavy atom. The molecule has 1 aromatic carbocycles. The van der Waals surface area contributed by atoms with E-state index in [-0.39, 0.29) is 23.2 Å². The minimum Gasteiger partial charge on any atom is -0.480 e. The number of halogens is 3. The standard InChI is InChI=1S/C16H14F3N3O3S/c17-16(18,19)26-11-3-1-10(2-4-11)9-22-12(5-8-20-22)21-13(23)15(6-7-15)14(24)25/h1-5,8H,6-7,9H2,(H,21,23)(H,24,25). The number of nitrogens with zero attached hydrogens (tertiary/aromatic N) is 2. The SMILES string of the molecule is O=C(O)C1(C(=O)Nc2ccnn2Cc2ccc(SC(F)(F)F)cc2)CC1. The molecule has 0 atom stereocenters.